The summed E-state index contributed by atoms with van der Waals surface area (Å²) in [6, 6.07) is 8.51. The first-order chi connectivity index (χ1) is 9.02. The quantitative estimate of drug-likeness (QED) is 0.906. The van der Waals surface area contributed by atoms with E-state index >= 15 is 0 Å². The van der Waals surface area contributed by atoms with Gasteiger partial charge in [0.05, 0.1) is 6.04 Å². The standard InChI is InChI=1S/C14H19N3O2.ClH/c1-10(15)13(18)16(2)12-8-9-17(14(12)19)11-6-4-3-5-7-11;/h3-7,10,12H,8-9,15H2,1-2H3;1H/t10-,12?;/m1./s1. The minimum Gasteiger partial charge on any atom is -0.332 e. The van der Waals surface area contributed by atoms with Gasteiger partial charge in [0.15, 0.2) is 0 Å². The van der Waals surface area contributed by atoms with Crippen molar-refractivity contribution in [1.29, 1.82) is 0 Å². The fourth-order valence-electron chi connectivity index (χ4n) is 2.36. The number of likely N-dealkylation sites (N-methyl/N-ethyl adjacent to an activating group) is 1. The highest BCUT2D eigenvalue weighted by molar-refractivity contribution is 6.01. The van der Waals surface area contributed by atoms with Gasteiger partial charge in [-0.3, -0.25) is 9.59 Å². The summed E-state index contributed by atoms with van der Waals surface area (Å²) in [4.78, 5) is 27.4. The molecule has 2 atom stereocenters. The van der Waals surface area contributed by atoms with Crippen LogP contribution in [-0.2, 0) is 9.59 Å². The zero-order chi connectivity index (χ0) is 14.0. The van der Waals surface area contributed by atoms with Crippen molar-refractivity contribution >= 4 is 29.9 Å². The molecular formula is C14H20ClN3O2. The van der Waals surface area contributed by atoms with Gasteiger partial charge >= 0.3 is 0 Å². The number of rotatable bonds is 3. The molecule has 0 aliphatic carbocycles. The van der Waals surface area contributed by atoms with Crippen LogP contribution < -0.4 is 10.6 Å². The molecule has 20 heavy (non-hydrogen) atoms. The van der Waals surface area contributed by atoms with Crippen molar-refractivity contribution in [2.24, 2.45) is 5.73 Å². The summed E-state index contributed by atoms with van der Waals surface area (Å²) in [7, 11) is 1.64. The normalized spacial score (nSPS) is 19.4. The van der Waals surface area contributed by atoms with E-state index in [1.165, 1.54) is 4.90 Å². The number of amides is 2. The van der Waals surface area contributed by atoms with Crippen molar-refractivity contribution in [3.05, 3.63) is 30.3 Å². The van der Waals surface area contributed by atoms with Crippen LogP contribution in [0.25, 0.3) is 0 Å². The van der Waals surface area contributed by atoms with E-state index in [2.05, 4.69) is 0 Å². The molecule has 0 spiro atoms. The lowest BCUT2D eigenvalue weighted by molar-refractivity contribution is -0.137. The monoisotopic (exact) mass is 297 g/mol. The minimum absolute atomic E-state index is 0. The second-order valence-electron chi connectivity index (χ2n) is 4.87. The first kappa shape index (κ1) is 16.5. The Morgan fingerprint density at radius 2 is 2.00 bits per heavy atom. The van der Waals surface area contributed by atoms with Gasteiger partial charge < -0.3 is 15.5 Å². The van der Waals surface area contributed by atoms with Gasteiger partial charge in [0, 0.05) is 19.3 Å². The predicted octanol–water partition coefficient (Wildman–Crippen LogP) is 1.02. The van der Waals surface area contributed by atoms with Crippen molar-refractivity contribution in [2.45, 2.75) is 25.4 Å². The van der Waals surface area contributed by atoms with Gasteiger partial charge in [-0.25, -0.2) is 0 Å². The van der Waals surface area contributed by atoms with Crippen LogP contribution in [0.3, 0.4) is 0 Å². The Balaban J connectivity index is 0.00000200. The molecule has 0 radical (unpaired) electrons. The van der Waals surface area contributed by atoms with Crippen molar-refractivity contribution in [3.63, 3.8) is 0 Å². The van der Waals surface area contributed by atoms with Crippen molar-refractivity contribution in [1.82, 2.24) is 4.90 Å². The van der Waals surface area contributed by atoms with E-state index in [-0.39, 0.29) is 24.2 Å². The molecule has 1 aliphatic heterocycles. The Bertz CT molecular complexity index is 479. The fraction of sp³-hybridized carbons (Fsp3) is 0.429. The van der Waals surface area contributed by atoms with Gasteiger partial charge in [0.2, 0.25) is 11.8 Å². The third kappa shape index (κ3) is 3.11. The molecule has 0 saturated carbocycles. The molecule has 1 saturated heterocycles. The van der Waals surface area contributed by atoms with Gasteiger partial charge in [-0.15, -0.1) is 12.4 Å². The Labute approximate surface area is 125 Å². The summed E-state index contributed by atoms with van der Waals surface area (Å²) in [6.45, 7) is 2.26. The largest absolute Gasteiger partial charge is 0.332 e. The summed E-state index contributed by atoms with van der Waals surface area (Å²) in [5.41, 5.74) is 6.45. The zero-order valence-electron chi connectivity index (χ0n) is 11.7. The van der Waals surface area contributed by atoms with Crippen LogP contribution in [0.4, 0.5) is 5.69 Å². The van der Waals surface area contributed by atoms with Gasteiger partial charge in [-0.05, 0) is 25.5 Å². The van der Waals surface area contributed by atoms with Gasteiger partial charge in [-0.2, -0.15) is 0 Å². The third-order valence-corrected chi connectivity index (χ3v) is 3.45. The highest BCUT2D eigenvalue weighted by Gasteiger charge is 2.37. The average molecular weight is 298 g/mol. The van der Waals surface area contributed by atoms with E-state index in [4.69, 9.17) is 5.73 Å². The van der Waals surface area contributed by atoms with E-state index < -0.39 is 12.1 Å². The van der Waals surface area contributed by atoms with Crippen LogP contribution in [0, 0.1) is 0 Å². The van der Waals surface area contributed by atoms with Crippen LogP contribution in [0.1, 0.15) is 13.3 Å². The number of halogens is 1. The Morgan fingerprint density at radius 3 is 2.55 bits per heavy atom. The second kappa shape index (κ2) is 6.72. The maximum absolute atomic E-state index is 12.4. The maximum Gasteiger partial charge on any atom is 0.249 e. The van der Waals surface area contributed by atoms with E-state index in [1.807, 2.05) is 30.3 Å². The SMILES string of the molecule is C[C@@H](N)C(=O)N(C)C1CCN(c2ccccc2)C1=O.Cl. The van der Waals surface area contributed by atoms with Crippen LogP contribution >= 0.6 is 12.4 Å². The molecule has 0 aromatic heterocycles. The molecule has 0 bridgehead atoms. The second-order valence-corrected chi connectivity index (χ2v) is 4.87. The lowest BCUT2D eigenvalue weighted by Gasteiger charge is -2.25. The number of carbonyl (C=O) groups excluding carboxylic acids is 2. The highest BCUT2D eigenvalue weighted by atomic mass is 35.5. The molecular weight excluding hydrogens is 278 g/mol. The molecule has 1 aromatic carbocycles. The summed E-state index contributed by atoms with van der Waals surface area (Å²) in [5.74, 6) is -0.240. The topological polar surface area (TPSA) is 66.6 Å². The Morgan fingerprint density at radius 1 is 1.40 bits per heavy atom. The number of nitrogens with two attached hydrogens (primary N) is 1. The van der Waals surface area contributed by atoms with Crippen LogP contribution in [-0.4, -0.2) is 42.4 Å². The van der Waals surface area contributed by atoms with Gasteiger partial charge in [0.25, 0.3) is 0 Å². The number of hydrogen-bond acceptors (Lipinski definition) is 3. The highest BCUT2D eigenvalue weighted by Crippen LogP contribution is 2.23. The molecule has 2 amide bonds. The molecule has 5 nitrogen and oxygen atoms in total. The van der Waals surface area contributed by atoms with Crippen LogP contribution in [0.2, 0.25) is 0 Å². The first-order valence-corrected chi connectivity index (χ1v) is 6.41. The summed E-state index contributed by atoms with van der Waals surface area (Å²) in [6.07, 6.45) is 0.642. The Hall–Kier alpha value is -1.59. The molecule has 1 heterocycles. The van der Waals surface area contributed by atoms with Crippen molar-refractivity contribution in [3.8, 4) is 0 Å². The number of nitrogens with zero attached hydrogens (tertiary/aromatic N) is 2. The van der Waals surface area contributed by atoms with Crippen molar-refractivity contribution in [2.75, 3.05) is 18.5 Å². The Kier molecular flexibility index (Phi) is 5.53. The molecule has 1 unspecified atom stereocenters. The van der Waals surface area contributed by atoms with Crippen molar-refractivity contribution < 1.29 is 9.59 Å². The first-order valence-electron chi connectivity index (χ1n) is 6.41. The predicted molar refractivity (Wildman–Crippen MR) is 80.9 cm³/mol. The molecule has 1 fully saturated rings. The van der Waals surface area contributed by atoms with E-state index in [1.54, 1.807) is 18.9 Å². The molecule has 1 aromatic rings. The van der Waals surface area contributed by atoms with Gasteiger partial charge in [0.1, 0.15) is 6.04 Å². The van der Waals surface area contributed by atoms with E-state index in [9.17, 15) is 9.59 Å². The number of benzene rings is 1. The average Bonchev–Trinajstić information content (AvgIpc) is 2.79. The van der Waals surface area contributed by atoms with E-state index in [0.717, 1.165) is 5.69 Å². The maximum atomic E-state index is 12.4. The number of para-hydroxylation sites is 1. The van der Waals surface area contributed by atoms with Gasteiger partial charge in [-0.1, -0.05) is 18.2 Å². The lowest BCUT2D eigenvalue weighted by atomic mass is 10.2. The number of anilines is 1. The van der Waals surface area contributed by atoms with Crippen LogP contribution in [0.15, 0.2) is 30.3 Å². The molecule has 1 aliphatic rings. The van der Waals surface area contributed by atoms with Crippen LogP contribution in [0.5, 0.6) is 0 Å². The zero-order valence-corrected chi connectivity index (χ0v) is 12.5. The third-order valence-electron chi connectivity index (χ3n) is 3.45. The fourth-order valence-corrected chi connectivity index (χ4v) is 2.36. The minimum atomic E-state index is -0.580. The summed E-state index contributed by atoms with van der Waals surface area (Å²) in [5, 5.41) is 0. The lowest BCUT2D eigenvalue weighted by Crippen LogP contribution is -2.48. The molecule has 6 heteroatoms. The number of hydrogen-bond donors (Lipinski definition) is 1. The smallest absolute Gasteiger partial charge is 0.249 e. The summed E-state index contributed by atoms with van der Waals surface area (Å²) < 4.78 is 0. The number of carbonyl (C=O) groups is 2. The molecule has 2 rings (SSSR count). The van der Waals surface area contributed by atoms with E-state index in [0.29, 0.717) is 13.0 Å². The molecule has 2 N–H and O–H groups in total. The summed E-state index contributed by atoms with van der Waals surface area (Å²) >= 11 is 0. The molecule has 110 valence electrons.